The number of para-hydroxylation sites is 1. The lowest BCUT2D eigenvalue weighted by molar-refractivity contribution is -0.118. The quantitative estimate of drug-likeness (QED) is 0.698. The molecule has 0 N–H and O–H groups in total. The van der Waals surface area contributed by atoms with E-state index in [0.717, 1.165) is 24.3 Å². The largest absolute Gasteiger partial charge is 0.379 e. The van der Waals surface area contributed by atoms with Gasteiger partial charge in [-0.25, -0.2) is 10.0 Å². The van der Waals surface area contributed by atoms with Gasteiger partial charge in [0.25, 0.3) is 0 Å². The summed E-state index contributed by atoms with van der Waals surface area (Å²) in [6.45, 7) is 2.92. The molecule has 16 heavy (non-hydrogen) atoms. The zero-order chi connectivity index (χ0) is 11.0. The summed E-state index contributed by atoms with van der Waals surface area (Å²) in [6.07, 6.45) is 1.69. The van der Waals surface area contributed by atoms with Gasteiger partial charge in [-0.3, -0.25) is 4.79 Å². The van der Waals surface area contributed by atoms with E-state index < -0.39 is 0 Å². The van der Waals surface area contributed by atoms with E-state index in [0.29, 0.717) is 13.2 Å². The first-order chi connectivity index (χ1) is 7.86. The molecule has 4 nitrogen and oxygen atoms in total. The third-order valence-corrected chi connectivity index (χ3v) is 2.92. The van der Waals surface area contributed by atoms with Gasteiger partial charge in [-0.2, -0.15) is 0 Å². The fraction of sp³-hybridized carbons (Fsp3) is 0.333. The molecule has 2 heterocycles. The van der Waals surface area contributed by atoms with Gasteiger partial charge in [0, 0.05) is 13.1 Å². The molecular weight excluding hydrogens is 204 g/mol. The van der Waals surface area contributed by atoms with Crippen molar-refractivity contribution in [2.24, 2.45) is 0 Å². The zero-order valence-electron chi connectivity index (χ0n) is 8.93. The van der Waals surface area contributed by atoms with Crippen LogP contribution in [0.15, 0.2) is 24.3 Å². The van der Waals surface area contributed by atoms with E-state index in [1.807, 2.05) is 29.3 Å². The standard InChI is InChI=1S/C12H13N2O2/c15-12-9-10-3-1-2-4-11(10)14(12)13-5-7-16-8-6-13/h1-4,9H,5-8H2. The highest BCUT2D eigenvalue weighted by atomic mass is 16.5. The minimum Gasteiger partial charge on any atom is -0.379 e. The van der Waals surface area contributed by atoms with Crippen LogP contribution in [0.3, 0.4) is 0 Å². The molecule has 1 fully saturated rings. The van der Waals surface area contributed by atoms with Crippen molar-refractivity contribution in [3.05, 3.63) is 36.2 Å². The van der Waals surface area contributed by atoms with Crippen LogP contribution >= 0.6 is 0 Å². The molecule has 1 aromatic carbocycles. The van der Waals surface area contributed by atoms with Crippen LogP contribution in [0.5, 0.6) is 0 Å². The Bertz CT molecular complexity index is 413. The van der Waals surface area contributed by atoms with E-state index in [9.17, 15) is 4.79 Å². The molecule has 4 heteroatoms. The minimum absolute atomic E-state index is 0.0445. The molecule has 1 radical (unpaired) electrons. The van der Waals surface area contributed by atoms with Gasteiger partial charge in [0.1, 0.15) is 0 Å². The number of carbonyl (C=O) groups is 1. The van der Waals surface area contributed by atoms with E-state index in [2.05, 4.69) is 0 Å². The third kappa shape index (κ3) is 1.50. The van der Waals surface area contributed by atoms with Gasteiger partial charge in [0.15, 0.2) is 0 Å². The van der Waals surface area contributed by atoms with E-state index in [4.69, 9.17) is 4.74 Å². The molecule has 0 aliphatic carbocycles. The molecule has 1 aromatic rings. The Labute approximate surface area is 94.4 Å². The topological polar surface area (TPSA) is 32.8 Å². The van der Waals surface area contributed by atoms with E-state index in [1.165, 1.54) is 0 Å². The van der Waals surface area contributed by atoms with Crippen molar-refractivity contribution >= 4 is 11.6 Å². The maximum absolute atomic E-state index is 11.9. The summed E-state index contributed by atoms with van der Waals surface area (Å²) in [5, 5.41) is 3.81. The Balaban J connectivity index is 1.92. The highest BCUT2D eigenvalue weighted by Crippen LogP contribution is 2.31. The average Bonchev–Trinajstić information content (AvgIpc) is 2.66. The second-order valence-corrected chi connectivity index (χ2v) is 3.92. The lowest BCUT2D eigenvalue weighted by Gasteiger charge is -2.34. The SMILES string of the molecule is O=C1[CH]c2ccccc2N1N1CCOCC1. The van der Waals surface area contributed by atoms with Gasteiger partial charge in [0.05, 0.1) is 25.3 Å². The summed E-state index contributed by atoms with van der Waals surface area (Å²) >= 11 is 0. The Hall–Kier alpha value is -1.39. The van der Waals surface area contributed by atoms with Gasteiger partial charge in [0.2, 0.25) is 5.91 Å². The smallest absolute Gasteiger partial charge is 0.250 e. The molecular formula is C12H13N2O2. The molecule has 0 aromatic heterocycles. The number of anilines is 1. The predicted octanol–water partition coefficient (Wildman–Crippen LogP) is 0.833. The number of hydrazine groups is 1. The molecule has 0 spiro atoms. The third-order valence-electron chi connectivity index (χ3n) is 2.92. The normalized spacial score (nSPS) is 21.2. The molecule has 2 aliphatic heterocycles. The van der Waals surface area contributed by atoms with E-state index >= 15 is 0 Å². The van der Waals surface area contributed by atoms with Crippen LogP contribution in [-0.2, 0) is 9.53 Å². The first kappa shape index (κ1) is 9.81. The first-order valence-electron chi connectivity index (χ1n) is 5.47. The Kier molecular flexibility index (Phi) is 2.38. The number of morpholine rings is 1. The maximum Gasteiger partial charge on any atom is 0.250 e. The molecule has 0 bridgehead atoms. The van der Waals surface area contributed by atoms with Crippen LogP contribution < -0.4 is 5.01 Å². The second kappa shape index (κ2) is 3.88. The van der Waals surface area contributed by atoms with Crippen LogP contribution in [0.2, 0.25) is 0 Å². The average molecular weight is 217 g/mol. The summed E-state index contributed by atoms with van der Waals surface area (Å²) < 4.78 is 5.29. The maximum atomic E-state index is 11.9. The molecule has 3 rings (SSSR count). The molecule has 83 valence electrons. The van der Waals surface area contributed by atoms with E-state index in [-0.39, 0.29) is 5.91 Å². The van der Waals surface area contributed by atoms with Crippen LogP contribution in [0, 0.1) is 6.42 Å². The fourth-order valence-electron chi connectivity index (χ4n) is 2.16. The number of carbonyl (C=O) groups excluding carboxylic acids is 1. The molecule has 0 atom stereocenters. The lowest BCUT2D eigenvalue weighted by atomic mass is 10.2. The number of amides is 1. The monoisotopic (exact) mass is 217 g/mol. The summed E-state index contributed by atoms with van der Waals surface area (Å²) in [5.74, 6) is 0.0445. The van der Waals surface area contributed by atoms with Crippen molar-refractivity contribution < 1.29 is 9.53 Å². The van der Waals surface area contributed by atoms with Gasteiger partial charge in [-0.15, -0.1) is 0 Å². The van der Waals surface area contributed by atoms with E-state index in [1.54, 1.807) is 11.4 Å². The fourth-order valence-corrected chi connectivity index (χ4v) is 2.16. The number of hydrogen-bond donors (Lipinski definition) is 0. The Morgan fingerprint density at radius 1 is 1.12 bits per heavy atom. The van der Waals surface area contributed by atoms with Crippen LogP contribution in [0.1, 0.15) is 5.56 Å². The Morgan fingerprint density at radius 2 is 1.88 bits per heavy atom. The number of ether oxygens (including phenoxy) is 1. The number of rotatable bonds is 1. The molecule has 2 aliphatic rings. The summed E-state index contributed by atoms with van der Waals surface area (Å²) in [7, 11) is 0. The van der Waals surface area contributed by atoms with Crippen molar-refractivity contribution in [1.82, 2.24) is 5.01 Å². The first-order valence-corrected chi connectivity index (χ1v) is 5.47. The number of benzene rings is 1. The van der Waals surface area contributed by atoms with Crippen molar-refractivity contribution in [1.29, 1.82) is 0 Å². The van der Waals surface area contributed by atoms with Gasteiger partial charge in [-0.05, 0) is 11.6 Å². The number of hydrogen-bond acceptors (Lipinski definition) is 3. The number of nitrogens with zero attached hydrogens (tertiary/aromatic N) is 2. The van der Waals surface area contributed by atoms with Crippen LogP contribution in [0.25, 0.3) is 0 Å². The van der Waals surface area contributed by atoms with Crippen LogP contribution in [-0.4, -0.2) is 37.2 Å². The lowest BCUT2D eigenvalue weighted by Crippen LogP contribution is -2.50. The highest BCUT2D eigenvalue weighted by Gasteiger charge is 2.32. The summed E-state index contributed by atoms with van der Waals surface area (Å²) in [5.41, 5.74) is 1.98. The Morgan fingerprint density at radius 3 is 2.69 bits per heavy atom. The summed E-state index contributed by atoms with van der Waals surface area (Å²) in [6, 6.07) is 7.85. The van der Waals surface area contributed by atoms with Crippen molar-refractivity contribution in [3.63, 3.8) is 0 Å². The van der Waals surface area contributed by atoms with Crippen molar-refractivity contribution in [2.75, 3.05) is 31.3 Å². The second-order valence-electron chi connectivity index (χ2n) is 3.92. The summed E-state index contributed by atoms with van der Waals surface area (Å²) in [4.78, 5) is 11.9. The minimum atomic E-state index is 0.0445. The van der Waals surface area contributed by atoms with Crippen molar-refractivity contribution in [3.8, 4) is 0 Å². The number of fused-ring (bicyclic) bond motifs is 1. The molecule has 1 saturated heterocycles. The zero-order valence-corrected chi connectivity index (χ0v) is 8.93. The molecule has 0 saturated carbocycles. The predicted molar refractivity (Wildman–Crippen MR) is 59.7 cm³/mol. The van der Waals surface area contributed by atoms with Gasteiger partial charge in [-0.1, -0.05) is 18.2 Å². The molecule has 0 unspecified atom stereocenters. The van der Waals surface area contributed by atoms with Crippen molar-refractivity contribution in [2.45, 2.75) is 0 Å². The molecule has 1 amide bonds. The van der Waals surface area contributed by atoms with Gasteiger partial charge >= 0.3 is 0 Å². The van der Waals surface area contributed by atoms with Gasteiger partial charge < -0.3 is 4.74 Å². The highest BCUT2D eigenvalue weighted by molar-refractivity contribution is 6.08. The van der Waals surface area contributed by atoms with Crippen LogP contribution in [0.4, 0.5) is 5.69 Å².